The monoisotopic (exact) mass is 454 g/mol. The van der Waals surface area contributed by atoms with Gasteiger partial charge in [-0.15, -0.1) is 0 Å². The van der Waals surface area contributed by atoms with Gasteiger partial charge in [0.2, 0.25) is 15.9 Å². The molecule has 0 unspecified atom stereocenters. The van der Waals surface area contributed by atoms with Crippen molar-refractivity contribution in [3.05, 3.63) is 69.7 Å². The first kappa shape index (κ1) is 21.8. The number of nitrogens with one attached hydrogen (secondary N) is 1. The van der Waals surface area contributed by atoms with Gasteiger partial charge < -0.3 is 10.1 Å². The first-order chi connectivity index (χ1) is 13.9. The highest BCUT2D eigenvalue weighted by atomic mass is 35.5. The summed E-state index contributed by atoms with van der Waals surface area (Å²) in [5.41, 5.74) is 1.17. The lowest BCUT2D eigenvalue weighted by Gasteiger charge is -2.27. The Hall–Kier alpha value is -1.90. The smallest absolute Gasteiger partial charge is 0.244 e. The molecule has 0 radical (unpaired) electrons. The zero-order chi connectivity index (χ0) is 20.9. The summed E-state index contributed by atoms with van der Waals surface area (Å²) >= 11 is 11.9. The Kier molecular flexibility index (Phi) is 7.32. The molecule has 0 atom stereocenters. The molecule has 1 heterocycles. The Morgan fingerprint density at radius 1 is 1.14 bits per heavy atom. The van der Waals surface area contributed by atoms with E-state index in [1.807, 2.05) is 0 Å². The molecule has 1 amide bonds. The minimum Gasteiger partial charge on any atom is -0.379 e. The maximum absolute atomic E-state index is 12.9. The molecule has 1 aliphatic rings. The van der Waals surface area contributed by atoms with Crippen LogP contribution < -0.4 is 5.32 Å². The second-order valence-electron chi connectivity index (χ2n) is 6.34. The van der Waals surface area contributed by atoms with Gasteiger partial charge in [0.25, 0.3) is 0 Å². The third kappa shape index (κ3) is 5.58. The highest BCUT2D eigenvalue weighted by molar-refractivity contribution is 7.89. The van der Waals surface area contributed by atoms with Crippen molar-refractivity contribution >= 4 is 45.2 Å². The van der Waals surface area contributed by atoms with E-state index < -0.39 is 10.0 Å². The maximum Gasteiger partial charge on any atom is 0.244 e. The lowest BCUT2D eigenvalue weighted by molar-refractivity contribution is -0.116. The van der Waals surface area contributed by atoms with Crippen molar-refractivity contribution in [2.24, 2.45) is 0 Å². The fourth-order valence-corrected chi connectivity index (χ4v) is 4.97. The van der Waals surface area contributed by atoms with Gasteiger partial charge in [-0.3, -0.25) is 4.79 Å². The van der Waals surface area contributed by atoms with Crippen LogP contribution in [0.25, 0.3) is 6.08 Å². The van der Waals surface area contributed by atoms with Crippen molar-refractivity contribution in [2.45, 2.75) is 11.4 Å². The summed E-state index contributed by atoms with van der Waals surface area (Å²) in [5, 5.41) is 3.66. The SMILES string of the molecule is O=C(/C=C/c1ccc(Cl)cc1Cl)NCc1ccccc1S(=O)(=O)N1CCOCC1. The van der Waals surface area contributed by atoms with Crippen LogP contribution in [0.3, 0.4) is 0 Å². The summed E-state index contributed by atoms with van der Waals surface area (Å²) in [4.78, 5) is 12.4. The first-order valence-corrected chi connectivity index (χ1v) is 11.1. The summed E-state index contributed by atoms with van der Waals surface area (Å²) < 4.78 is 32.5. The van der Waals surface area contributed by atoms with Gasteiger partial charge in [-0.1, -0.05) is 47.5 Å². The maximum atomic E-state index is 12.9. The van der Waals surface area contributed by atoms with Gasteiger partial charge in [-0.25, -0.2) is 8.42 Å². The lowest BCUT2D eigenvalue weighted by Crippen LogP contribution is -2.41. The number of benzene rings is 2. The molecule has 0 saturated carbocycles. The zero-order valence-corrected chi connectivity index (χ0v) is 17.8. The van der Waals surface area contributed by atoms with Crippen LogP contribution in [0.15, 0.2) is 53.4 Å². The van der Waals surface area contributed by atoms with E-state index in [2.05, 4.69) is 5.32 Å². The van der Waals surface area contributed by atoms with Gasteiger partial charge in [0.15, 0.2) is 0 Å². The third-order valence-corrected chi connectivity index (χ3v) is 6.95. The Morgan fingerprint density at radius 3 is 2.59 bits per heavy atom. The summed E-state index contributed by atoms with van der Waals surface area (Å²) in [6.45, 7) is 1.45. The van der Waals surface area contributed by atoms with Gasteiger partial charge in [0.05, 0.1) is 18.1 Å². The van der Waals surface area contributed by atoms with Crippen molar-refractivity contribution in [2.75, 3.05) is 26.3 Å². The van der Waals surface area contributed by atoms with Gasteiger partial charge in [0.1, 0.15) is 0 Å². The topological polar surface area (TPSA) is 75.7 Å². The van der Waals surface area contributed by atoms with Crippen LogP contribution in [-0.2, 0) is 26.1 Å². The Labute approximate surface area is 180 Å². The highest BCUT2D eigenvalue weighted by Crippen LogP contribution is 2.23. The van der Waals surface area contributed by atoms with E-state index >= 15 is 0 Å². The third-order valence-electron chi connectivity index (χ3n) is 4.39. The minimum atomic E-state index is -3.65. The first-order valence-electron chi connectivity index (χ1n) is 8.95. The molecular formula is C20H20Cl2N2O4S. The number of ether oxygens (including phenoxy) is 1. The molecule has 0 bridgehead atoms. The highest BCUT2D eigenvalue weighted by Gasteiger charge is 2.28. The molecule has 1 aliphatic heterocycles. The standard InChI is InChI=1S/C20H20Cl2N2O4S/c21-17-7-5-15(18(22)13-17)6-8-20(25)23-14-16-3-1-2-4-19(16)29(26,27)24-9-11-28-12-10-24/h1-8,13H,9-12,14H2,(H,23,25)/b8-6+. The molecule has 1 N–H and O–H groups in total. The average Bonchev–Trinajstić information content (AvgIpc) is 2.72. The predicted molar refractivity (Wildman–Crippen MR) is 113 cm³/mol. The number of nitrogens with zero attached hydrogens (tertiary/aromatic N) is 1. The Balaban J connectivity index is 1.69. The van der Waals surface area contributed by atoms with E-state index in [1.54, 1.807) is 48.5 Å². The van der Waals surface area contributed by atoms with E-state index in [-0.39, 0.29) is 17.3 Å². The number of amides is 1. The van der Waals surface area contributed by atoms with Gasteiger partial charge in [-0.05, 0) is 35.4 Å². The van der Waals surface area contributed by atoms with E-state index in [1.165, 1.54) is 10.4 Å². The van der Waals surface area contributed by atoms with Crippen molar-refractivity contribution in [3.8, 4) is 0 Å². The van der Waals surface area contributed by atoms with Crippen LogP contribution in [0.4, 0.5) is 0 Å². The lowest BCUT2D eigenvalue weighted by atomic mass is 10.2. The average molecular weight is 455 g/mol. The number of sulfonamides is 1. The fraction of sp³-hybridized carbons (Fsp3) is 0.250. The quantitative estimate of drug-likeness (QED) is 0.678. The van der Waals surface area contributed by atoms with Crippen LogP contribution in [0.5, 0.6) is 0 Å². The van der Waals surface area contributed by atoms with Gasteiger partial charge in [-0.2, -0.15) is 4.31 Å². The van der Waals surface area contributed by atoms with Crippen LogP contribution in [0.1, 0.15) is 11.1 Å². The van der Waals surface area contributed by atoms with Crippen LogP contribution in [-0.4, -0.2) is 44.9 Å². The van der Waals surface area contributed by atoms with Crippen molar-refractivity contribution in [1.29, 1.82) is 0 Å². The Morgan fingerprint density at radius 2 is 1.86 bits per heavy atom. The number of hydrogen-bond donors (Lipinski definition) is 1. The second-order valence-corrected chi connectivity index (χ2v) is 9.09. The number of rotatable bonds is 6. The summed E-state index contributed by atoms with van der Waals surface area (Å²) in [6, 6.07) is 11.6. The van der Waals surface area contributed by atoms with Gasteiger partial charge >= 0.3 is 0 Å². The molecule has 2 aromatic carbocycles. The molecule has 3 rings (SSSR count). The number of halogens is 2. The van der Waals surface area contributed by atoms with E-state index in [4.69, 9.17) is 27.9 Å². The molecule has 9 heteroatoms. The van der Waals surface area contributed by atoms with E-state index in [9.17, 15) is 13.2 Å². The zero-order valence-electron chi connectivity index (χ0n) is 15.5. The molecule has 0 aliphatic carbocycles. The van der Waals surface area contributed by atoms with Gasteiger partial charge in [0, 0.05) is 35.8 Å². The summed E-state index contributed by atoms with van der Waals surface area (Å²) in [7, 11) is -3.65. The number of morpholine rings is 1. The van der Waals surface area contributed by atoms with Crippen LogP contribution >= 0.6 is 23.2 Å². The molecule has 154 valence electrons. The second kappa shape index (κ2) is 9.73. The molecule has 29 heavy (non-hydrogen) atoms. The molecule has 1 fully saturated rings. The van der Waals surface area contributed by atoms with Crippen molar-refractivity contribution in [1.82, 2.24) is 9.62 Å². The largest absolute Gasteiger partial charge is 0.379 e. The molecule has 2 aromatic rings. The van der Waals surface area contributed by atoms with Crippen molar-refractivity contribution in [3.63, 3.8) is 0 Å². The Bertz CT molecular complexity index is 1020. The van der Waals surface area contributed by atoms with Crippen LogP contribution in [0, 0.1) is 0 Å². The number of carbonyl (C=O) groups is 1. The predicted octanol–water partition coefficient (Wildman–Crippen LogP) is 3.34. The van der Waals surface area contributed by atoms with Crippen LogP contribution in [0.2, 0.25) is 10.0 Å². The summed E-state index contributed by atoms with van der Waals surface area (Å²) in [6.07, 6.45) is 2.92. The molecule has 6 nitrogen and oxygen atoms in total. The van der Waals surface area contributed by atoms with E-state index in [0.717, 1.165) is 0 Å². The van der Waals surface area contributed by atoms with E-state index in [0.29, 0.717) is 47.5 Å². The fourth-order valence-electron chi connectivity index (χ4n) is 2.87. The summed E-state index contributed by atoms with van der Waals surface area (Å²) in [5.74, 6) is -0.366. The molecule has 1 saturated heterocycles. The number of hydrogen-bond acceptors (Lipinski definition) is 4. The number of carbonyl (C=O) groups excluding carboxylic acids is 1. The molecular weight excluding hydrogens is 435 g/mol. The molecule has 0 spiro atoms. The molecule has 0 aromatic heterocycles. The van der Waals surface area contributed by atoms with Crippen molar-refractivity contribution < 1.29 is 17.9 Å². The minimum absolute atomic E-state index is 0.0806. The normalized spacial score (nSPS) is 15.5.